The lowest BCUT2D eigenvalue weighted by atomic mass is 10.2. The Morgan fingerprint density at radius 3 is 2.57 bits per heavy atom. The zero-order valence-electron chi connectivity index (χ0n) is 16.3. The van der Waals surface area contributed by atoms with Crippen LogP contribution in [-0.2, 0) is 21.9 Å². The fourth-order valence-corrected chi connectivity index (χ4v) is 4.97. The first-order valence-electron chi connectivity index (χ1n) is 8.55. The van der Waals surface area contributed by atoms with Crippen LogP contribution in [0.3, 0.4) is 0 Å². The fraction of sp³-hybridized carbons (Fsp3) is 0.167. The van der Waals surface area contributed by atoms with Gasteiger partial charge in [-0.2, -0.15) is 5.10 Å². The molecule has 0 aliphatic carbocycles. The number of carbonyl (C=O) groups excluding carboxylic acids is 2. The van der Waals surface area contributed by atoms with Gasteiger partial charge < -0.3 is 15.4 Å². The standard InChI is InChI=1S/C18H19N5O5S2/c1-11(24)20-14-8-12(4-5-15(14)28-3)21-18(25)17-16(6-7-29-17)30(26,27)22-13-9-19-23(2)10-13/h4-10,22H,1-3H3,(H,20,24)(H,21,25). The second kappa shape index (κ2) is 8.55. The second-order valence-corrected chi connectivity index (χ2v) is 8.74. The summed E-state index contributed by atoms with van der Waals surface area (Å²) in [6, 6.07) is 6.04. The summed E-state index contributed by atoms with van der Waals surface area (Å²) in [5.74, 6) is -0.483. The van der Waals surface area contributed by atoms with Crippen molar-refractivity contribution in [3.05, 3.63) is 46.9 Å². The molecule has 12 heteroatoms. The minimum absolute atomic E-state index is 0.0169. The first-order valence-corrected chi connectivity index (χ1v) is 10.9. The molecule has 0 aliphatic rings. The summed E-state index contributed by atoms with van der Waals surface area (Å²) in [6.45, 7) is 1.35. The third-order valence-electron chi connectivity index (χ3n) is 3.85. The van der Waals surface area contributed by atoms with Crippen molar-refractivity contribution < 1.29 is 22.7 Å². The van der Waals surface area contributed by atoms with Crippen LogP contribution in [0.15, 0.2) is 46.9 Å². The van der Waals surface area contributed by atoms with E-state index in [0.717, 1.165) is 11.3 Å². The van der Waals surface area contributed by atoms with E-state index in [-0.39, 0.29) is 21.4 Å². The number of methoxy groups -OCH3 is 1. The quantitative estimate of drug-likeness (QED) is 0.508. The molecular formula is C18H19N5O5S2. The maximum atomic E-state index is 12.8. The van der Waals surface area contributed by atoms with Gasteiger partial charge in [0.25, 0.3) is 15.9 Å². The smallest absolute Gasteiger partial charge is 0.267 e. The molecule has 1 aromatic carbocycles. The fourth-order valence-electron chi connectivity index (χ4n) is 2.62. The first kappa shape index (κ1) is 21.3. The molecule has 2 aromatic heterocycles. The van der Waals surface area contributed by atoms with Crippen molar-refractivity contribution in [1.29, 1.82) is 0 Å². The van der Waals surface area contributed by atoms with Crippen molar-refractivity contribution in [2.45, 2.75) is 11.8 Å². The third-order valence-corrected chi connectivity index (χ3v) is 6.32. The number of amides is 2. The molecular weight excluding hydrogens is 430 g/mol. The van der Waals surface area contributed by atoms with Gasteiger partial charge >= 0.3 is 0 Å². The molecule has 0 atom stereocenters. The van der Waals surface area contributed by atoms with E-state index in [9.17, 15) is 18.0 Å². The van der Waals surface area contributed by atoms with Gasteiger partial charge in [0.2, 0.25) is 5.91 Å². The topological polar surface area (TPSA) is 131 Å². The summed E-state index contributed by atoms with van der Waals surface area (Å²) in [5, 5.41) is 10.7. The summed E-state index contributed by atoms with van der Waals surface area (Å²) in [4.78, 5) is 24.0. The number of nitrogens with zero attached hydrogens (tertiary/aromatic N) is 2. The second-order valence-electron chi connectivity index (χ2n) is 6.17. The third kappa shape index (κ3) is 4.78. The van der Waals surface area contributed by atoms with Gasteiger partial charge in [0, 0.05) is 25.9 Å². The zero-order chi connectivity index (χ0) is 21.9. The molecule has 3 aromatic rings. The minimum Gasteiger partial charge on any atom is -0.495 e. The van der Waals surface area contributed by atoms with Crippen molar-refractivity contribution in [3.63, 3.8) is 0 Å². The van der Waals surface area contributed by atoms with Gasteiger partial charge in [-0.05, 0) is 29.6 Å². The highest BCUT2D eigenvalue weighted by Crippen LogP contribution is 2.29. The molecule has 10 nitrogen and oxygen atoms in total. The van der Waals surface area contributed by atoms with Crippen LogP contribution < -0.4 is 20.1 Å². The number of hydrogen-bond acceptors (Lipinski definition) is 7. The van der Waals surface area contributed by atoms with Gasteiger partial charge in [0.05, 0.1) is 24.7 Å². The number of aryl methyl sites for hydroxylation is 1. The number of ether oxygens (including phenoxy) is 1. The number of hydrogen-bond donors (Lipinski definition) is 3. The van der Waals surface area contributed by atoms with E-state index in [4.69, 9.17) is 4.74 Å². The molecule has 158 valence electrons. The summed E-state index contributed by atoms with van der Waals surface area (Å²) in [5.41, 5.74) is 1.02. The molecule has 3 N–H and O–H groups in total. The minimum atomic E-state index is -3.99. The number of rotatable bonds is 7. The number of sulfonamides is 1. The highest BCUT2D eigenvalue weighted by molar-refractivity contribution is 7.93. The van der Waals surface area contributed by atoms with Crippen LogP contribution in [0, 0.1) is 0 Å². The molecule has 0 saturated heterocycles. The lowest BCUT2D eigenvalue weighted by Crippen LogP contribution is -2.18. The van der Waals surface area contributed by atoms with Crippen LogP contribution in [0.4, 0.5) is 17.1 Å². The molecule has 0 aliphatic heterocycles. The molecule has 2 amide bonds. The Hall–Kier alpha value is -3.38. The van der Waals surface area contributed by atoms with Gasteiger partial charge in [-0.15, -0.1) is 11.3 Å². The van der Waals surface area contributed by atoms with Gasteiger partial charge in [0.1, 0.15) is 15.5 Å². The Balaban J connectivity index is 1.84. The van der Waals surface area contributed by atoms with Crippen LogP contribution in [0.1, 0.15) is 16.6 Å². The molecule has 0 spiro atoms. The SMILES string of the molecule is COc1ccc(NC(=O)c2sccc2S(=O)(=O)Nc2cnn(C)c2)cc1NC(C)=O. The molecule has 0 saturated carbocycles. The van der Waals surface area contributed by atoms with Crippen molar-refractivity contribution in [1.82, 2.24) is 9.78 Å². The number of aromatic nitrogens is 2. The zero-order valence-corrected chi connectivity index (χ0v) is 17.9. The van der Waals surface area contributed by atoms with Crippen molar-refractivity contribution in [2.24, 2.45) is 7.05 Å². The molecule has 3 rings (SSSR count). The van der Waals surface area contributed by atoms with E-state index < -0.39 is 15.9 Å². The Morgan fingerprint density at radius 2 is 1.93 bits per heavy atom. The highest BCUT2D eigenvalue weighted by Gasteiger charge is 2.25. The number of thiophene rings is 1. The van der Waals surface area contributed by atoms with Crippen LogP contribution in [0.2, 0.25) is 0 Å². The molecule has 0 radical (unpaired) electrons. The predicted molar refractivity (Wildman–Crippen MR) is 114 cm³/mol. The van der Waals surface area contributed by atoms with E-state index in [0.29, 0.717) is 17.1 Å². The van der Waals surface area contributed by atoms with E-state index in [2.05, 4.69) is 20.5 Å². The largest absolute Gasteiger partial charge is 0.495 e. The molecule has 2 heterocycles. The summed E-state index contributed by atoms with van der Waals surface area (Å²) in [7, 11) is -0.877. The Morgan fingerprint density at radius 1 is 1.17 bits per heavy atom. The van der Waals surface area contributed by atoms with Gasteiger partial charge in [-0.25, -0.2) is 8.42 Å². The monoisotopic (exact) mass is 449 g/mol. The lowest BCUT2D eigenvalue weighted by molar-refractivity contribution is -0.114. The Kier molecular flexibility index (Phi) is 6.08. The van der Waals surface area contributed by atoms with Crippen molar-refractivity contribution in [3.8, 4) is 5.75 Å². The summed E-state index contributed by atoms with van der Waals surface area (Å²) >= 11 is 0.996. The number of carbonyl (C=O) groups is 2. The maximum absolute atomic E-state index is 12.8. The van der Waals surface area contributed by atoms with Gasteiger partial charge in [-0.3, -0.25) is 19.0 Å². The van der Waals surface area contributed by atoms with Crippen molar-refractivity contribution in [2.75, 3.05) is 22.5 Å². The normalized spacial score (nSPS) is 11.0. The van der Waals surface area contributed by atoms with Crippen molar-refractivity contribution >= 4 is 50.2 Å². The average Bonchev–Trinajstić information content (AvgIpc) is 3.31. The lowest BCUT2D eigenvalue weighted by Gasteiger charge is -2.12. The number of anilines is 3. The first-order chi connectivity index (χ1) is 14.2. The van der Waals surface area contributed by atoms with Crippen LogP contribution in [0.5, 0.6) is 5.75 Å². The number of benzene rings is 1. The maximum Gasteiger partial charge on any atom is 0.267 e. The van der Waals surface area contributed by atoms with E-state index in [1.54, 1.807) is 19.2 Å². The molecule has 0 unspecified atom stereocenters. The van der Waals surface area contributed by atoms with Crippen LogP contribution in [0.25, 0.3) is 0 Å². The molecule has 30 heavy (non-hydrogen) atoms. The number of nitrogens with one attached hydrogen (secondary N) is 3. The summed E-state index contributed by atoms with van der Waals surface area (Å²) < 4.78 is 34.5. The summed E-state index contributed by atoms with van der Waals surface area (Å²) in [6.07, 6.45) is 2.87. The highest BCUT2D eigenvalue weighted by atomic mass is 32.2. The van der Waals surface area contributed by atoms with E-state index in [1.165, 1.54) is 48.6 Å². The van der Waals surface area contributed by atoms with Crippen LogP contribution in [-0.4, -0.2) is 37.1 Å². The van der Waals surface area contributed by atoms with Gasteiger partial charge in [-0.1, -0.05) is 0 Å². The Labute approximate surface area is 176 Å². The van der Waals surface area contributed by atoms with Crippen LogP contribution >= 0.6 is 11.3 Å². The van der Waals surface area contributed by atoms with Gasteiger partial charge in [0.15, 0.2) is 0 Å². The average molecular weight is 450 g/mol. The molecule has 0 fully saturated rings. The predicted octanol–water partition coefficient (Wildman–Crippen LogP) is 2.50. The Bertz CT molecular complexity index is 1200. The molecule has 0 bridgehead atoms. The van der Waals surface area contributed by atoms with E-state index in [1.807, 2.05) is 0 Å². The van der Waals surface area contributed by atoms with E-state index >= 15 is 0 Å².